The lowest BCUT2D eigenvalue weighted by Crippen LogP contribution is -2.29. The van der Waals surface area contributed by atoms with Gasteiger partial charge in [0.25, 0.3) is 11.5 Å². The Bertz CT molecular complexity index is 1280. The molecule has 1 amide bonds. The normalized spacial score (nSPS) is 11.8. The van der Waals surface area contributed by atoms with Crippen molar-refractivity contribution in [3.05, 3.63) is 88.2 Å². The molecule has 0 aliphatic carbocycles. The van der Waals surface area contributed by atoms with Gasteiger partial charge in [-0.15, -0.1) is 0 Å². The zero-order valence-corrected chi connectivity index (χ0v) is 17.2. The topological polar surface area (TPSA) is 116 Å². The third kappa shape index (κ3) is 4.25. The van der Waals surface area contributed by atoms with Gasteiger partial charge < -0.3 is 9.84 Å². The number of nitrogens with zero attached hydrogens (tertiary/aromatic N) is 5. The lowest BCUT2D eigenvalue weighted by atomic mass is 10.1. The molecule has 4 aromatic rings. The molecule has 0 aromatic carbocycles. The van der Waals surface area contributed by atoms with Crippen molar-refractivity contribution in [1.29, 1.82) is 0 Å². The number of pyridine rings is 3. The van der Waals surface area contributed by atoms with Crippen molar-refractivity contribution >= 4 is 5.91 Å². The summed E-state index contributed by atoms with van der Waals surface area (Å²) in [5, 5.41) is 6.56. The molecule has 4 heterocycles. The van der Waals surface area contributed by atoms with Gasteiger partial charge in [-0.1, -0.05) is 17.3 Å². The highest BCUT2D eigenvalue weighted by molar-refractivity contribution is 5.95. The van der Waals surface area contributed by atoms with Crippen LogP contribution in [0.25, 0.3) is 17.1 Å². The second-order valence-corrected chi connectivity index (χ2v) is 7.10. The van der Waals surface area contributed by atoms with E-state index in [1.807, 2.05) is 13.0 Å². The van der Waals surface area contributed by atoms with Crippen LogP contribution in [0.5, 0.6) is 0 Å². The minimum Gasteiger partial charge on any atom is -0.340 e. The molecule has 0 spiro atoms. The van der Waals surface area contributed by atoms with Crippen LogP contribution in [0.2, 0.25) is 0 Å². The van der Waals surface area contributed by atoms with Crippen molar-refractivity contribution in [3.63, 3.8) is 0 Å². The fourth-order valence-electron chi connectivity index (χ4n) is 3.02. The SMILES string of the molecule is Cc1ccc(-n2cc(C(=O)N[C@H](C)c3nc(C)no3)cc(-c3ccccn3)c2=O)nc1. The van der Waals surface area contributed by atoms with E-state index in [4.69, 9.17) is 4.52 Å². The van der Waals surface area contributed by atoms with E-state index < -0.39 is 11.9 Å². The summed E-state index contributed by atoms with van der Waals surface area (Å²) in [5.41, 5.74) is 1.65. The molecule has 4 aromatic heterocycles. The van der Waals surface area contributed by atoms with Gasteiger partial charge in [-0.3, -0.25) is 19.1 Å². The Morgan fingerprint density at radius 2 is 2.00 bits per heavy atom. The molecule has 9 heteroatoms. The molecule has 0 aliphatic rings. The molecule has 31 heavy (non-hydrogen) atoms. The molecule has 1 N–H and O–H groups in total. The average Bonchev–Trinajstić information content (AvgIpc) is 3.21. The van der Waals surface area contributed by atoms with Gasteiger partial charge in [0.05, 0.1) is 16.8 Å². The molecular formula is C22H20N6O3. The first kappa shape index (κ1) is 20.1. The monoisotopic (exact) mass is 416 g/mol. The highest BCUT2D eigenvalue weighted by Crippen LogP contribution is 2.17. The van der Waals surface area contributed by atoms with Gasteiger partial charge in [0, 0.05) is 18.6 Å². The van der Waals surface area contributed by atoms with E-state index in [1.54, 1.807) is 50.5 Å². The maximum atomic E-state index is 13.2. The van der Waals surface area contributed by atoms with Crippen molar-refractivity contribution < 1.29 is 9.32 Å². The van der Waals surface area contributed by atoms with Crippen LogP contribution in [-0.2, 0) is 0 Å². The molecule has 9 nitrogen and oxygen atoms in total. The van der Waals surface area contributed by atoms with E-state index in [2.05, 4.69) is 25.4 Å². The summed E-state index contributed by atoms with van der Waals surface area (Å²) in [6, 6.07) is 9.85. The third-order valence-electron chi connectivity index (χ3n) is 4.62. The Morgan fingerprint density at radius 3 is 2.65 bits per heavy atom. The molecule has 0 saturated carbocycles. The van der Waals surface area contributed by atoms with E-state index in [0.29, 0.717) is 23.2 Å². The van der Waals surface area contributed by atoms with Gasteiger partial charge in [-0.05, 0) is 50.6 Å². The number of carbonyl (C=O) groups excluding carboxylic acids is 1. The van der Waals surface area contributed by atoms with Crippen LogP contribution in [0, 0.1) is 13.8 Å². The van der Waals surface area contributed by atoms with E-state index in [9.17, 15) is 9.59 Å². The van der Waals surface area contributed by atoms with Crippen LogP contribution in [0.4, 0.5) is 0 Å². The first-order chi connectivity index (χ1) is 14.9. The molecule has 1 atom stereocenters. The van der Waals surface area contributed by atoms with Crippen LogP contribution in [0.3, 0.4) is 0 Å². The standard InChI is InChI=1S/C22H20N6O3/c1-13-7-8-19(24-11-13)28-12-16(10-17(22(28)30)18-6-4-5-9-23-18)20(29)25-14(2)21-26-15(3)27-31-21/h4-12,14H,1-3H3,(H,25,29)/t14-/m1/s1. The average molecular weight is 416 g/mol. The Kier molecular flexibility index (Phi) is 5.40. The fraction of sp³-hybridized carbons (Fsp3) is 0.182. The number of hydrogen-bond acceptors (Lipinski definition) is 7. The number of aryl methyl sites for hydroxylation is 2. The fourth-order valence-corrected chi connectivity index (χ4v) is 3.02. The molecule has 156 valence electrons. The quantitative estimate of drug-likeness (QED) is 0.532. The van der Waals surface area contributed by atoms with E-state index in [0.717, 1.165) is 5.56 Å². The lowest BCUT2D eigenvalue weighted by Gasteiger charge is -2.13. The molecule has 0 unspecified atom stereocenters. The van der Waals surface area contributed by atoms with Crippen molar-refractivity contribution in [3.8, 4) is 17.1 Å². The lowest BCUT2D eigenvalue weighted by molar-refractivity contribution is 0.0932. The number of carbonyl (C=O) groups is 1. The minimum atomic E-state index is -0.509. The van der Waals surface area contributed by atoms with Crippen LogP contribution >= 0.6 is 0 Å². The number of amides is 1. The Hall–Kier alpha value is -4.14. The van der Waals surface area contributed by atoms with Gasteiger partial charge in [-0.25, -0.2) is 4.98 Å². The van der Waals surface area contributed by atoms with E-state index >= 15 is 0 Å². The summed E-state index contributed by atoms with van der Waals surface area (Å²) in [6.45, 7) is 5.34. The summed E-state index contributed by atoms with van der Waals surface area (Å²) in [5.74, 6) is 0.779. The minimum absolute atomic E-state index is 0.269. The predicted molar refractivity (Wildman–Crippen MR) is 113 cm³/mol. The molecule has 0 bridgehead atoms. The molecule has 0 aliphatic heterocycles. The first-order valence-electron chi connectivity index (χ1n) is 9.64. The van der Waals surface area contributed by atoms with E-state index in [1.165, 1.54) is 16.8 Å². The van der Waals surface area contributed by atoms with Gasteiger partial charge in [0.1, 0.15) is 11.9 Å². The number of rotatable bonds is 5. The maximum absolute atomic E-state index is 13.2. The first-order valence-corrected chi connectivity index (χ1v) is 9.64. The van der Waals surface area contributed by atoms with E-state index in [-0.39, 0.29) is 16.7 Å². The zero-order chi connectivity index (χ0) is 22.0. The van der Waals surface area contributed by atoms with Gasteiger partial charge in [-0.2, -0.15) is 4.98 Å². The predicted octanol–water partition coefficient (Wildman–Crippen LogP) is 2.79. The van der Waals surface area contributed by atoms with Crippen molar-refractivity contribution in [2.75, 3.05) is 0 Å². The second-order valence-electron chi connectivity index (χ2n) is 7.10. The number of hydrogen-bond donors (Lipinski definition) is 1. The maximum Gasteiger partial charge on any atom is 0.265 e. The van der Waals surface area contributed by atoms with Crippen LogP contribution in [0.15, 0.2) is 64.3 Å². The highest BCUT2D eigenvalue weighted by atomic mass is 16.5. The Balaban J connectivity index is 1.78. The summed E-state index contributed by atoms with van der Waals surface area (Å²) in [4.78, 5) is 39.0. The molecular weight excluding hydrogens is 396 g/mol. The Labute approximate surface area is 177 Å². The summed E-state index contributed by atoms with van der Waals surface area (Å²) < 4.78 is 6.48. The number of aromatic nitrogens is 5. The second kappa shape index (κ2) is 8.31. The van der Waals surface area contributed by atoms with Crippen LogP contribution < -0.4 is 10.9 Å². The van der Waals surface area contributed by atoms with Crippen molar-refractivity contribution in [2.24, 2.45) is 0 Å². The molecule has 0 fully saturated rings. The highest BCUT2D eigenvalue weighted by Gasteiger charge is 2.20. The number of nitrogens with one attached hydrogen (secondary N) is 1. The third-order valence-corrected chi connectivity index (χ3v) is 4.62. The largest absolute Gasteiger partial charge is 0.340 e. The molecule has 4 rings (SSSR count). The smallest absolute Gasteiger partial charge is 0.265 e. The molecule has 0 saturated heterocycles. The van der Waals surface area contributed by atoms with Crippen LogP contribution in [0.1, 0.15) is 40.6 Å². The van der Waals surface area contributed by atoms with Gasteiger partial charge in [0.15, 0.2) is 5.82 Å². The van der Waals surface area contributed by atoms with Crippen molar-refractivity contribution in [2.45, 2.75) is 26.8 Å². The molecule has 0 radical (unpaired) electrons. The van der Waals surface area contributed by atoms with Crippen LogP contribution in [-0.4, -0.2) is 30.6 Å². The van der Waals surface area contributed by atoms with Gasteiger partial charge >= 0.3 is 0 Å². The zero-order valence-electron chi connectivity index (χ0n) is 17.2. The van der Waals surface area contributed by atoms with Gasteiger partial charge in [0.2, 0.25) is 5.89 Å². The van der Waals surface area contributed by atoms with Crippen molar-refractivity contribution in [1.82, 2.24) is 30.0 Å². The summed E-state index contributed by atoms with van der Waals surface area (Å²) in [7, 11) is 0. The Morgan fingerprint density at radius 1 is 1.16 bits per heavy atom. The summed E-state index contributed by atoms with van der Waals surface area (Å²) >= 11 is 0. The summed E-state index contributed by atoms with van der Waals surface area (Å²) in [6.07, 6.45) is 4.72.